The fourth-order valence-corrected chi connectivity index (χ4v) is 1.72. The fourth-order valence-electron chi connectivity index (χ4n) is 1.09. The predicted molar refractivity (Wildman–Crippen MR) is 66.1 cm³/mol. The molecule has 3 N–H and O–H groups in total. The van der Waals surface area contributed by atoms with Gasteiger partial charge in [0.1, 0.15) is 5.75 Å². The van der Waals surface area contributed by atoms with Crippen molar-refractivity contribution in [1.29, 1.82) is 5.41 Å². The van der Waals surface area contributed by atoms with E-state index in [0.29, 0.717) is 12.4 Å². The van der Waals surface area contributed by atoms with Crippen LogP contribution in [0.2, 0.25) is 0 Å². The zero-order valence-electron chi connectivity index (χ0n) is 9.80. The zero-order valence-corrected chi connectivity index (χ0v) is 10.6. The first-order chi connectivity index (χ1) is 7.80. The molecule has 0 aliphatic heterocycles. The molecule has 0 amide bonds. The molecule has 0 heterocycles. The van der Waals surface area contributed by atoms with Crippen LogP contribution in [0.3, 0.4) is 0 Å². The molecule has 6 heteroatoms. The van der Waals surface area contributed by atoms with Crippen molar-refractivity contribution in [2.45, 2.75) is 11.8 Å². The molecule has 17 heavy (non-hydrogen) atoms. The number of hydrogen-bond donors (Lipinski definition) is 2. The Kier molecular flexibility index (Phi) is 4.11. The molecule has 1 aromatic carbocycles. The molecule has 1 rings (SSSR count). The zero-order chi connectivity index (χ0) is 13.1. The van der Waals surface area contributed by atoms with Gasteiger partial charge in [-0.15, -0.1) is 0 Å². The minimum absolute atomic E-state index is 0.0674. The summed E-state index contributed by atoms with van der Waals surface area (Å²) in [5.74, 6) is 0.466. The first kappa shape index (κ1) is 13.5. The number of benzene rings is 1. The summed E-state index contributed by atoms with van der Waals surface area (Å²) >= 11 is 0. The summed E-state index contributed by atoms with van der Waals surface area (Å²) in [5, 5.41) is 7.20. The summed E-state index contributed by atoms with van der Waals surface area (Å²) in [5.41, 5.74) is 5.31. The predicted octanol–water partition coefficient (Wildman–Crippen LogP) is 1.04. The van der Waals surface area contributed by atoms with Crippen LogP contribution in [0, 0.1) is 11.3 Å². The Labute approximate surface area is 101 Å². The van der Waals surface area contributed by atoms with Crippen molar-refractivity contribution in [3.8, 4) is 5.75 Å². The molecule has 0 bridgehead atoms. The van der Waals surface area contributed by atoms with E-state index in [0.717, 1.165) is 6.26 Å². The monoisotopic (exact) mass is 256 g/mol. The minimum atomic E-state index is -3.17. The maximum atomic E-state index is 11.2. The van der Waals surface area contributed by atoms with E-state index in [2.05, 4.69) is 0 Å². The highest BCUT2D eigenvalue weighted by Gasteiger charge is 2.08. The van der Waals surface area contributed by atoms with E-state index in [4.69, 9.17) is 15.9 Å². The normalized spacial score (nSPS) is 13.1. The lowest BCUT2D eigenvalue weighted by atomic mass is 10.2. The average Bonchev–Trinajstić information content (AvgIpc) is 2.25. The van der Waals surface area contributed by atoms with E-state index in [-0.39, 0.29) is 16.6 Å². The Balaban J connectivity index is 2.67. The second-order valence-electron chi connectivity index (χ2n) is 3.91. The third-order valence-electron chi connectivity index (χ3n) is 2.28. The molecule has 0 radical (unpaired) electrons. The molecular formula is C11H16N2O3S. The van der Waals surface area contributed by atoms with Gasteiger partial charge >= 0.3 is 0 Å². The number of ether oxygens (including phenoxy) is 1. The maximum absolute atomic E-state index is 11.2. The second-order valence-corrected chi connectivity index (χ2v) is 5.93. The third kappa shape index (κ3) is 4.07. The largest absolute Gasteiger partial charge is 0.493 e. The molecule has 0 saturated heterocycles. The first-order valence-corrected chi connectivity index (χ1v) is 6.96. The molecule has 94 valence electrons. The summed E-state index contributed by atoms with van der Waals surface area (Å²) in [4.78, 5) is 0.254. The van der Waals surface area contributed by atoms with Crippen molar-refractivity contribution in [3.63, 3.8) is 0 Å². The highest BCUT2D eigenvalue weighted by atomic mass is 32.2. The number of nitrogens with one attached hydrogen (secondary N) is 1. The standard InChI is InChI=1S/C11H16N2O3S/c1-8(11(12)13)7-16-9-3-5-10(6-4-9)17(2,14)15/h3-6,8H,7H2,1-2H3,(H3,12,13). The van der Waals surface area contributed by atoms with Crippen molar-refractivity contribution in [2.75, 3.05) is 12.9 Å². The van der Waals surface area contributed by atoms with Gasteiger partial charge in [-0.3, -0.25) is 5.41 Å². The van der Waals surface area contributed by atoms with Crippen LogP contribution in [0.15, 0.2) is 29.2 Å². The molecule has 0 saturated carbocycles. The third-order valence-corrected chi connectivity index (χ3v) is 3.41. The van der Waals surface area contributed by atoms with Crippen molar-refractivity contribution >= 4 is 15.7 Å². The Morgan fingerprint density at radius 2 is 1.94 bits per heavy atom. The van der Waals surface area contributed by atoms with Crippen LogP contribution in [0.1, 0.15) is 6.92 Å². The topological polar surface area (TPSA) is 93.2 Å². The maximum Gasteiger partial charge on any atom is 0.175 e. The van der Waals surface area contributed by atoms with Gasteiger partial charge in [0, 0.05) is 12.2 Å². The average molecular weight is 256 g/mol. The molecule has 1 unspecified atom stereocenters. The van der Waals surface area contributed by atoms with Crippen LogP contribution < -0.4 is 10.5 Å². The highest BCUT2D eigenvalue weighted by molar-refractivity contribution is 7.90. The lowest BCUT2D eigenvalue weighted by Gasteiger charge is -2.11. The van der Waals surface area contributed by atoms with Crippen molar-refractivity contribution < 1.29 is 13.2 Å². The van der Waals surface area contributed by atoms with Gasteiger partial charge in [0.15, 0.2) is 9.84 Å². The number of rotatable bonds is 5. The number of hydrogen-bond acceptors (Lipinski definition) is 4. The van der Waals surface area contributed by atoms with E-state index in [1.54, 1.807) is 19.1 Å². The first-order valence-electron chi connectivity index (χ1n) is 5.07. The van der Waals surface area contributed by atoms with Gasteiger partial charge in [-0.1, -0.05) is 6.92 Å². The number of nitrogens with two attached hydrogens (primary N) is 1. The molecule has 0 aliphatic carbocycles. The van der Waals surface area contributed by atoms with E-state index < -0.39 is 9.84 Å². The van der Waals surface area contributed by atoms with Gasteiger partial charge in [-0.05, 0) is 24.3 Å². The Hall–Kier alpha value is -1.56. The molecule has 0 spiro atoms. The van der Waals surface area contributed by atoms with Crippen molar-refractivity contribution in [1.82, 2.24) is 0 Å². The lowest BCUT2D eigenvalue weighted by Crippen LogP contribution is -2.25. The van der Waals surface area contributed by atoms with Crippen LogP contribution in [0.5, 0.6) is 5.75 Å². The van der Waals surface area contributed by atoms with Crippen LogP contribution in [0.25, 0.3) is 0 Å². The van der Waals surface area contributed by atoms with Crippen LogP contribution in [-0.4, -0.2) is 27.1 Å². The number of sulfone groups is 1. The summed E-state index contributed by atoms with van der Waals surface area (Å²) in [6.45, 7) is 2.08. The molecule has 0 fully saturated rings. The summed E-state index contributed by atoms with van der Waals surface area (Å²) in [6.07, 6.45) is 1.15. The molecule has 1 atom stereocenters. The van der Waals surface area contributed by atoms with Crippen LogP contribution >= 0.6 is 0 Å². The van der Waals surface area contributed by atoms with Crippen LogP contribution in [0.4, 0.5) is 0 Å². The van der Waals surface area contributed by atoms with Gasteiger partial charge in [0.25, 0.3) is 0 Å². The van der Waals surface area contributed by atoms with E-state index >= 15 is 0 Å². The lowest BCUT2D eigenvalue weighted by molar-refractivity contribution is 0.291. The van der Waals surface area contributed by atoms with E-state index in [9.17, 15) is 8.42 Å². The fraction of sp³-hybridized carbons (Fsp3) is 0.364. The van der Waals surface area contributed by atoms with Gasteiger partial charge in [-0.2, -0.15) is 0 Å². The smallest absolute Gasteiger partial charge is 0.175 e. The molecule has 0 aliphatic rings. The van der Waals surface area contributed by atoms with Crippen molar-refractivity contribution in [2.24, 2.45) is 11.7 Å². The van der Waals surface area contributed by atoms with Gasteiger partial charge in [0.05, 0.1) is 17.3 Å². The summed E-state index contributed by atoms with van der Waals surface area (Å²) < 4.78 is 27.8. The van der Waals surface area contributed by atoms with E-state index in [1.165, 1.54) is 12.1 Å². The molecule has 5 nitrogen and oxygen atoms in total. The van der Waals surface area contributed by atoms with Gasteiger partial charge < -0.3 is 10.5 Å². The molecular weight excluding hydrogens is 240 g/mol. The van der Waals surface area contributed by atoms with Crippen molar-refractivity contribution in [3.05, 3.63) is 24.3 Å². The minimum Gasteiger partial charge on any atom is -0.493 e. The Morgan fingerprint density at radius 3 is 2.35 bits per heavy atom. The summed E-state index contributed by atoms with van der Waals surface area (Å²) in [7, 11) is -3.17. The quantitative estimate of drug-likeness (QED) is 0.608. The number of amidine groups is 1. The SMILES string of the molecule is CC(COc1ccc(S(C)(=O)=O)cc1)C(=N)N. The second kappa shape index (κ2) is 5.18. The highest BCUT2D eigenvalue weighted by Crippen LogP contribution is 2.16. The Bertz CT molecular complexity index is 494. The Morgan fingerprint density at radius 1 is 1.41 bits per heavy atom. The molecule has 0 aromatic heterocycles. The summed E-state index contributed by atoms with van der Waals surface area (Å²) in [6, 6.07) is 6.15. The molecule has 1 aromatic rings. The van der Waals surface area contributed by atoms with Gasteiger partial charge in [-0.25, -0.2) is 8.42 Å². The van der Waals surface area contributed by atoms with Crippen LogP contribution in [-0.2, 0) is 9.84 Å². The van der Waals surface area contributed by atoms with E-state index in [1.807, 2.05) is 0 Å². The van der Waals surface area contributed by atoms with Gasteiger partial charge in [0.2, 0.25) is 0 Å².